The van der Waals surface area contributed by atoms with Crippen molar-refractivity contribution in [3.8, 4) is 0 Å². The van der Waals surface area contributed by atoms with Gasteiger partial charge in [0, 0.05) is 0 Å². The van der Waals surface area contributed by atoms with E-state index in [9.17, 15) is 22.8 Å². The van der Waals surface area contributed by atoms with Crippen molar-refractivity contribution in [3.63, 3.8) is 0 Å². The maximum atomic E-state index is 12.7. The van der Waals surface area contributed by atoms with Crippen LogP contribution in [0.2, 0.25) is 0 Å². The van der Waals surface area contributed by atoms with E-state index in [1.54, 1.807) is 6.92 Å². The molecule has 0 aliphatic rings. The highest BCUT2D eigenvalue weighted by Gasteiger charge is 2.30. The summed E-state index contributed by atoms with van der Waals surface area (Å²) in [5.41, 5.74) is -0.574. The molecule has 0 heterocycles. The zero-order chi connectivity index (χ0) is 18.2. The number of nitrogens with one attached hydrogen (secondary N) is 1. The molecule has 0 bridgehead atoms. The molecule has 0 radical (unpaired) electrons. The van der Waals surface area contributed by atoms with Crippen molar-refractivity contribution < 1.29 is 27.5 Å². The molecule has 4 nitrogen and oxygen atoms in total. The number of unbranched alkanes of at least 4 members (excludes halogenated alkanes) is 1. The lowest BCUT2D eigenvalue weighted by Gasteiger charge is -2.16. The molecular weight excluding hydrogens is 323 g/mol. The Bertz CT molecular complexity index is 558. The summed E-state index contributed by atoms with van der Waals surface area (Å²) in [5.74, 6) is -1.04. The van der Waals surface area contributed by atoms with E-state index < -0.39 is 29.7 Å². The summed E-state index contributed by atoms with van der Waals surface area (Å²) in [5, 5.41) is 2.51. The zero-order valence-electron chi connectivity index (χ0n) is 13.8. The Morgan fingerprint density at radius 2 is 1.96 bits per heavy atom. The first kappa shape index (κ1) is 20.0. The van der Waals surface area contributed by atoms with Crippen LogP contribution in [0.4, 0.5) is 13.2 Å². The number of carbonyl (C=O) groups is 2. The topological polar surface area (TPSA) is 55.4 Å². The largest absolute Gasteiger partial charge is 0.464 e. The Morgan fingerprint density at radius 3 is 2.54 bits per heavy atom. The smallest absolute Gasteiger partial charge is 0.416 e. The van der Waals surface area contributed by atoms with Gasteiger partial charge in [-0.2, -0.15) is 13.2 Å². The Morgan fingerprint density at radius 1 is 1.25 bits per heavy atom. The first-order chi connectivity index (χ1) is 11.3. The van der Waals surface area contributed by atoms with Crippen LogP contribution in [0.3, 0.4) is 0 Å². The number of carbonyl (C=O) groups excluding carboxylic acids is 2. The van der Waals surface area contributed by atoms with Crippen molar-refractivity contribution in [3.05, 3.63) is 35.4 Å². The number of alkyl halides is 3. The molecule has 1 aromatic rings. The molecule has 0 aliphatic heterocycles. The van der Waals surface area contributed by atoms with Crippen LogP contribution in [-0.2, 0) is 26.9 Å². The zero-order valence-corrected chi connectivity index (χ0v) is 13.8. The van der Waals surface area contributed by atoms with Crippen LogP contribution in [-0.4, -0.2) is 24.5 Å². The molecule has 0 aliphatic carbocycles. The van der Waals surface area contributed by atoms with Gasteiger partial charge in [-0.15, -0.1) is 0 Å². The van der Waals surface area contributed by atoms with Gasteiger partial charge < -0.3 is 10.1 Å². The molecule has 24 heavy (non-hydrogen) atoms. The molecule has 1 unspecified atom stereocenters. The van der Waals surface area contributed by atoms with Gasteiger partial charge in [-0.3, -0.25) is 4.79 Å². The van der Waals surface area contributed by atoms with Gasteiger partial charge in [0.2, 0.25) is 5.91 Å². The summed E-state index contributed by atoms with van der Waals surface area (Å²) in [6.07, 6.45) is -2.73. The first-order valence-corrected chi connectivity index (χ1v) is 7.90. The van der Waals surface area contributed by atoms with Crippen molar-refractivity contribution in [2.75, 3.05) is 6.61 Å². The molecule has 0 fully saturated rings. The van der Waals surface area contributed by atoms with E-state index in [0.29, 0.717) is 6.42 Å². The maximum Gasteiger partial charge on any atom is 0.416 e. The summed E-state index contributed by atoms with van der Waals surface area (Å²) >= 11 is 0. The molecule has 1 aromatic carbocycles. The van der Waals surface area contributed by atoms with E-state index in [2.05, 4.69) is 5.32 Å². The van der Waals surface area contributed by atoms with Crippen LogP contribution >= 0.6 is 0 Å². The van der Waals surface area contributed by atoms with E-state index in [4.69, 9.17) is 4.74 Å². The monoisotopic (exact) mass is 345 g/mol. The Hall–Kier alpha value is -2.05. The van der Waals surface area contributed by atoms with Gasteiger partial charge >= 0.3 is 12.1 Å². The highest BCUT2D eigenvalue weighted by Crippen LogP contribution is 2.29. The van der Waals surface area contributed by atoms with Gasteiger partial charge in [0.25, 0.3) is 0 Å². The fraction of sp³-hybridized carbons (Fsp3) is 0.529. The number of hydrogen-bond donors (Lipinski definition) is 1. The van der Waals surface area contributed by atoms with Crippen LogP contribution in [0.1, 0.15) is 44.2 Å². The minimum atomic E-state index is -4.46. The predicted molar refractivity (Wildman–Crippen MR) is 83.2 cm³/mol. The van der Waals surface area contributed by atoms with Crippen molar-refractivity contribution in [1.29, 1.82) is 0 Å². The molecule has 0 aromatic heterocycles. The highest BCUT2D eigenvalue weighted by atomic mass is 19.4. The third-order valence-corrected chi connectivity index (χ3v) is 3.39. The minimum Gasteiger partial charge on any atom is -0.464 e. The SMILES string of the molecule is CCCCOC(=O)C(CC)NC(=O)Cc1cccc(C(F)(F)F)c1. The number of rotatable bonds is 8. The number of esters is 1. The van der Waals surface area contributed by atoms with Crippen molar-refractivity contribution in [2.24, 2.45) is 0 Å². The van der Waals surface area contributed by atoms with Gasteiger partial charge in [-0.25, -0.2) is 4.79 Å². The molecule has 1 rings (SSSR count). The standard InChI is InChI=1S/C17H22F3NO3/c1-3-5-9-24-16(23)14(4-2)21-15(22)11-12-7-6-8-13(10-12)17(18,19)20/h6-8,10,14H,3-5,9,11H2,1-2H3,(H,21,22). The van der Waals surface area contributed by atoms with Crippen LogP contribution in [0.25, 0.3) is 0 Å². The van der Waals surface area contributed by atoms with E-state index >= 15 is 0 Å². The Balaban J connectivity index is 2.62. The molecular formula is C17H22F3NO3. The van der Waals surface area contributed by atoms with Crippen LogP contribution < -0.4 is 5.32 Å². The van der Waals surface area contributed by atoms with Gasteiger partial charge in [0.05, 0.1) is 18.6 Å². The molecule has 1 amide bonds. The molecule has 1 N–H and O–H groups in total. The normalized spacial score (nSPS) is 12.5. The highest BCUT2D eigenvalue weighted by molar-refractivity contribution is 5.85. The summed E-state index contributed by atoms with van der Waals surface area (Å²) in [6.45, 7) is 3.97. The van der Waals surface area contributed by atoms with E-state index in [1.165, 1.54) is 12.1 Å². The molecule has 7 heteroatoms. The molecule has 1 atom stereocenters. The van der Waals surface area contributed by atoms with Gasteiger partial charge in [0.15, 0.2) is 0 Å². The van der Waals surface area contributed by atoms with Crippen molar-refractivity contribution in [1.82, 2.24) is 5.32 Å². The number of amides is 1. The maximum absolute atomic E-state index is 12.7. The lowest BCUT2D eigenvalue weighted by Crippen LogP contribution is -2.42. The summed E-state index contributed by atoms with van der Waals surface area (Å²) in [6, 6.07) is 3.78. The lowest BCUT2D eigenvalue weighted by atomic mass is 10.1. The van der Waals surface area contributed by atoms with Crippen molar-refractivity contribution >= 4 is 11.9 Å². The Kier molecular flexibility index (Phi) is 7.74. The van der Waals surface area contributed by atoms with E-state index in [1.807, 2.05) is 6.92 Å². The molecule has 0 saturated heterocycles. The summed E-state index contributed by atoms with van der Waals surface area (Å²) in [7, 11) is 0. The molecule has 0 spiro atoms. The summed E-state index contributed by atoms with van der Waals surface area (Å²) in [4.78, 5) is 23.8. The third-order valence-electron chi connectivity index (χ3n) is 3.39. The number of hydrogen-bond acceptors (Lipinski definition) is 3. The molecule has 134 valence electrons. The third kappa shape index (κ3) is 6.60. The minimum absolute atomic E-state index is 0.233. The fourth-order valence-electron chi connectivity index (χ4n) is 2.03. The fourth-order valence-corrected chi connectivity index (χ4v) is 2.03. The second-order valence-electron chi connectivity index (χ2n) is 5.42. The van der Waals surface area contributed by atoms with Gasteiger partial charge in [0.1, 0.15) is 6.04 Å². The van der Waals surface area contributed by atoms with E-state index in [-0.39, 0.29) is 18.6 Å². The number of ether oxygens (including phenoxy) is 1. The predicted octanol–water partition coefficient (Wildman–Crippen LogP) is 3.49. The average Bonchev–Trinajstić information content (AvgIpc) is 2.52. The first-order valence-electron chi connectivity index (χ1n) is 7.90. The second kappa shape index (κ2) is 9.30. The molecule has 0 saturated carbocycles. The van der Waals surface area contributed by atoms with Gasteiger partial charge in [-0.05, 0) is 24.5 Å². The Labute approximate surface area is 139 Å². The van der Waals surface area contributed by atoms with Crippen LogP contribution in [0.5, 0.6) is 0 Å². The number of halogens is 3. The van der Waals surface area contributed by atoms with Crippen LogP contribution in [0.15, 0.2) is 24.3 Å². The second-order valence-corrected chi connectivity index (χ2v) is 5.42. The van der Waals surface area contributed by atoms with Crippen molar-refractivity contribution in [2.45, 2.75) is 51.7 Å². The van der Waals surface area contributed by atoms with Crippen LogP contribution in [0, 0.1) is 0 Å². The van der Waals surface area contributed by atoms with Gasteiger partial charge in [-0.1, -0.05) is 38.5 Å². The lowest BCUT2D eigenvalue weighted by molar-refractivity contribution is -0.148. The summed E-state index contributed by atoms with van der Waals surface area (Å²) < 4.78 is 43.0. The quantitative estimate of drug-likeness (QED) is 0.580. The number of benzene rings is 1. The van der Waals surface area contributed by atoms with E-state index in [0.717, 1.165) is 25.0 Å². The average molecular weight is 345 g/mol.